The molecule has 1 aliphatic carbocycles. The van der Waals surface area contributed by atoms with Gasteiger partial charge in [0.2, 0.25) is 12.3 Å². The van der Waals surface area contributed by atoms with Crippen LogP contribution in [-0.4, -0.2) is 25.4 Å². The Kier molecular flexibility index (Phi) is 4.14. The molecule has 0 heterocycles. The third kappa shape index (κ3) is 2.92. The first-order chi connectivity index (χ1) is 9.20. The van der Waals surface area contributed by atoms with Gasteiger partial charge in [-0.15, -0.1) is 0 Å². The minimum atomic E-state index is -0.677. The Morgan fingerprint density at radius 2 is 2.05 bits per heavy atom. The molecule has 1 aromatic carbocycles. The zero-order chi connectivity index (χ0) is 13.7. The first-order valence-corrected chi connectivity index (χ1v) is 6.41. The summed E-state index contributed by atoms with van der Waals surface area (Å²) in [5.41, 5.74) is -0.192. The SMILES string of the molecule is O=CNCCCNC(=O)C1(c2ccccc2F)CC1. The molecule has 0 spiro atoms. The van der Waals surface area contributed by atoms with Gasteiger partial charge in [-0.05, 0) is 25.3 Å². The molecule has 0 radical (unpaired) electrons. The Balaban J connectivity index is 1.92. The quantitative estimate of drug-likeness (QED) is 0.572. The van der Waals surface area contributed by atoms with Crippen molar-refractivity contribution in [1.82, 2.24) is 10.6 Å². The second-order valence-corrected chi connectivity index (χ2v) is 4.74. The zero-order valence-electron chi connectivity index (χ0n) is 10.6. The molecule has 0 atom stereocenters. The molecule has 102 valence electrons. The average Bonchev–Trinajstić information content (AvgIpc) is 3.20. The van der Waals surface area contributed by atoms with E-state index in [0.717, 1.165) is 0 Å². The van der Waals surface area contributed by atoms with E-state index in [9.17, 15) is 14.0 Å². The summed E-state index contributed by atoms with van der Waals surface area (Å²) < 4.78 is 13.7. The van der Waals surface area contributed by atoms with Crippen LogP contribution >= 0.6 is 0 Å². The Labute approximate surface area is 111 Å². The molecular weight excluding hydrogens is 247 g/mol. The van der Waals surface area contributed by atoms with Gasteiger partial charge < -0.3 is 10.6 Å². The molecule has 0 unspecified atom stereocenters. The van der Waals surface area contributed by atoms with Crippen molar-refractivity contribution in [2.24, 2.45) is 0 Å². The van der Waals surface area contributed by atoms with E-state index in [0.29, 0.717) is 44.3 Å². The van der Waals surface area contributed by atoms with Crippen molar-refractivity contribution >= 4 is 12.3 Å². The van der Waals surface area contributed by atoms with Crippen LogP contribution in [0.15, 0.2) is 24.3 Å². The standard InChI is InChI=1S/C14H17FN2O2/c15-12-5-2-1-4-11(12)14(6-7-14)13(19)17-9-3-8-16-10-18/h1-2,4-5,10H,3,6-9H2,(H,16,18)(H,17,19). The molecule has 0 aromatic heterocycles. The van der Waals surface area contributed by atoms with E-state index in [-0.39, 0.29) is 11.7 Å². The van der Waals surface area contributed by atoms with Gasteiger partial charge in [-0.25, -0.2) is 4.39 Å². The van der Waals surface area contributed by atoms with Crippen LogP contribution in [0.3, 0.4) is 0 Å². The first-order valence-electron chi connectivity index (χ1n) is 6.41. The van der Waals surface area contributed by atoms with Crippen molar-refractivity contribution in [3.05, 3.63) is 35.6 Å². The molecule has 1 fully saturated rings. The lowest BCUT2D eigenvalue weighted by atomic mass is 9.94. The molecule has 2 N–H and O–H groups in total. The van der Waals surface area contributed by atoms with Gasteiger partial charge in [0, 0.05) is 18.7 Å². The van der Waals surface area contributed by atoms with E-state index < -0.39 is 5.41 Å². The van der Waals surface area contributed by atoms with Crippen molar-refractivity contribution < 1.29 is 14.0 Å². The molecule has 2 amide bonds. The Hall–Kier alpha value is -1.91. The zero-order valence-corrected chi connectivity index (χ0v) is 10.6. The average molecular weight is 264 g/mol. The maximum Gasteiger partial charge on any atom is 0.230 e. The Morgan fingerprint density at radius 3 is 2.68 bits per heavy atom. The van der Waals surface area contributed by atoms with Crippen LogP contribution < -0.4 is 10.6 Å². The van der Waals surface area contributed by atoms with Crippen LogP contribution in [0.4, 0.5) is 4.39 Å². The number of carbonyl (C=O) groups is 2. The summed E-state index contributed by atoms with van der Waals surface area (Å²) in [6.45, 7) is 1.01. The van der Waals surface area contributed by atoms with Gasteiger partial charge in [-0.3, -0.25) is 9.59 Å². The molecule has 0 bridgehead atoms. The molecular formula is C14H17FN2O2. The summed E-state index contributed by atoms with van der Waals surface area (Å²) in [6.07, 6.45) is 2.67. The fraction of sp³-hybridized carbons (Fsp3) is 0.429. The molecule has 0 saturated heterocycles. The fourth-order valence-electron chi connectivity index (χ4n) is 2.21. The van der Waals surface area contributed by atoms with Crippen LogP contribution in [-0.2, 0) is 15.0 Å². The van der Waals surface area contributed by atoms with E-state index in [1.165, 1.54) is 6.07 Å². The summed E-state index contributed by atoms with van der Waals surface area (Å²) in [5.74, 6) is -0.443. The van der Waals surface area contributed by atoms with Gasteiger partial charge >= 0.3 is 0 Å². The normalized spacial score (nSPS) is 15.6. The maximum atomic E-state index is 13.7. The van der Waals surface area contributed by atoms with Crippen LogP contribution in [0, 0.1) is 5.82 Å². The number of amides is 2. The largest absolute Gasteiger partial charge is 0.359 e. The van der Waals surface area contributed by atoms with Gasteiger partial charge in [0.05, 0.1) is 5.41 Å². The monoisotopic (exact) mass is 264 g/mol. The van der Waals surface area contributed by atoms with E-state index in [4.69, 9.17) is 0 Å². The molecule has 5 heteroatoms. The van der Waals surface area contributed by atoms with E-state index in [2.05, 4.69) is 10.6 Å². The predicted molar refractivity (Wildman–Crippen MR) is 69.0 cm³/mol. The second-order valence-electron chi connectivity index (χ2n) is 4.74. The number of rotatable bonds is 7. The van der Waals surface area contributed by atoms with Gasteiger partial charge in [0.1, 0.15) is 5.82 Å². The summed E-state index contributed by atoms with van der Waals surface area (Å²) in [5, 5.41) is 5.33. The molecule has 1 saturated carbocycles. The lowest BCUT2D eigenvalue weighted by Gasteiger charge is -2.16. The van der Waals surface area contributed by atoms with Crippen molar-refractivity contribution in [1.29, 1.82) is 0 Å². The number of hydrogen-bond acceptors (Lipinski definition) is 2. The molecule has 2 rings (SSSR count). The van der Waals surface area contributed by atoms with Gasteiger partial charge in [-0.1, -0.05) is 18.2 Å². The van der Waals surface area contributed by atoms with Crippen molar-refractivity contribution in [2.45, 2.75) is 24.7 Å². The molecule has 19 heavy (non-hydrogen) atoms. The van der Waals surface area contributed by atoms with Crippen molar-refractivity contribution in [3.63, 3.8) is 0 Å². The van der Waals surface area contributed by atoms with E-state index in [1.54, 1.807) is 18.2 Å². The van der Waals surface area contributed by atoms with Gasteiger partial charge in [0.15, 0.2) is 0 Å². The molecule has 0 aliphatic heterocycles. The highest BCUT2D eigenvalue weighted by molar-refractivity contribution is 5.91. The first kappa shape index (κ1) is 13.5. The minimum absolute atomic E-state index is 0.122. The summed E-state index contributed by atoms with van der Waals surface area (Å²) >= 11 is 0. The van der Waals surface area contributed by atoms with E-state index >= 15 is 0 Å². The second kappa shape index (κ2) is 5.82. The predicted octanol–water partition coefficient (Wildman–Crippen LogP) is 1.11. The van der Waals surface area contributed by atoms with Crippen molar-refractivity contribution in [2.75, 3.05) is 13.1 Å². The Bertz CT molecular complexity index is 472. The van der Waals surface area contributed by atoms with E-state index in [1.807, 2.05) is 0 Å². The third-order valence-corrected chi connectivity index (χ3v) is 3.44. The molecule has 1 aliphatic rings. The highest BCUT2D eigenvalue weighted by atomic mass is 19.1. The lowest BCUT2D eigenvalue weighted by Crippen LogP contribution is -2.36. The maximum absolute atomic E-state index is 13.7. The van der Waals surface area contributed by atoms with Crippen molar-refractivity contribution in [3.8, 4) is 0 Å². The van der Waals surface area contributed by atoms with Crippen LogP contribution in [0.25, 0.3) is 0 Å². The lowest BCUT2D eigenvalue weighted by molar-refractivity contribution is -0.123. The topological polar surface area (TPSA) is 58.2 Å². The summed E-state index contributed by atoms with van der Waals surface area (Å²) in [4.78, 5) is 22.2. The number of halogens is 1. The smallest absolute Gasteiger partial charge is 0.230 e. The summed E-state index contributed by atoms with van der Waals surface area (Å²) in [6, 6.07) is 6.43. The fourth-order valence-corrected chi connectivity index (χ4v) is 2.21. The van der Waals surface area contributed by atoms with Gasteiger partial charge in [0.25, 0.3) is 0 Å². The molecule has 1 aromatic rings. The highest BCUT2D eigenvalue weighted by Gasteiger charge is 2.52. The number of carbonyl (C=O) groups excluding carboxylic acids is 2. The third-order valence-electron chi connectivity index (χ3n) is 3.44. The Morgan fingerprint density at radius 1 is 1.32 bits per heavy atom. The van der Waals surface area contributed by atoms with Crippen LogP contribution in [0.5, 0.6) is 0 Å². The van der Waals surface area contributed by atoms with Gasteiger partial charge in [-0.2, -0.15) is 0 Å². The highest BCUT2D eigenvalue weighted by Crippen LogP contribution is 2.49. The number of hydrogen-bond donors (Lipinski definition) is 2. The number of nitrogens with one attached hydrogen (secondary N) is 2. The number of benzene rings is 1. The summed E-state index contributed by atoms with van der Waals surface area (Å²) in [7, 11) is 0. The van der Waals surface area contributed by atoms with Crippen LogP contribution in [0.2, 0.25) is 0 Å². The molecule has 4 nitrogen and oxygen atoms in total. The van der Waals surface area contributed by atoms with Crippen LogP contribution in [0.1, 0.15) is 24.8 Å². The minimum Gasteiger partial charge on any atom is -0.359 e.